The van der Waals surface area contributed by atoms with Gasteiger partial charge in [0.1, 0.15) is 10.3 Å². The van der Waals surface area contributed by atoms with E-state index < -0.39 is 0 Å². The molecule has 1 heterocycles. The summed E-state index contributed by atoms with van der Waals surface area (Å²) in [7, 11) is 0. The second-order valence-electron chi connectivity index (χ2n) is 4.13. The maximum Gasteiger partial charge on any atom is 0.267 e. The molecular weight excluding hydrogens is 302 g/mol. The number of thioether (sulfide) groups is 1. The summed E-state index contributed by atoms with van der Waals surface area (Å²) >= 11 is 5.28. The molecule has 1 saturated carbocycles. The van der Waals surface area contributed by atoms with Gasteiger partial charge in [-0.1, -0.05) is 6.92 Å². The maximum atomic E-state index is 11.4. The fourth-order valence-electron chi connectivity index (χ4n) is 2.14. The zero-order valence-electron chi connectivity index (χ0n) is 9.70. The van der Waals surface area contributed by atoms with Crippen molar-refractivity contribution in [3.05, 3.63) is 21.2 Å². The molecule has 1 fully saturated rings. The minimum Gasteiger partial charge on any atom is -0.366 e. The van der Waals surface area contributed by atoms with Gasteiger partial charge in [-0.05, 0) is 40.9 Å². The number of rotatable bonds is 4. The average molecular weight is 318 g/mol. The summed E-state index contributed by atoms with van der Waals surface area (Å²) in [6, 6.07) is 0.435. The second kappa shape index (κ2) is 5.91. The number of hydrogen-bond acceptors (Lipinski definition) is 4. The van der Waals surface area contributed by atoms with Crippen LogP contribution in [0, 0.1) is 0 Å². The summed E-state index contributed by atoms with van der Waals surface area (Å²) in [4.78, 5) is 18.1. The van der Waals surface area contributed by atoms with Gasteiger partial charge < -0.3 is 10.3 Å². The molecule has 0 saturated heterocycles. The van der Waals surface area contributed by atoms with Crippen LogP contribution in [0.4, 0.5) is 5.82 Å². The van der Waals surface area contributed by atoms with Crippen LogP contribution in [0.2, 0.25) is 0 Å². The van der Waals surface area contributed by atoms with Crippen molar-refractivity contribution in [1.82, 2.24) is 9.97 Å². The molecule has 0 spiro atoms. The van der Waals surface area contributed by atoms with Crippen molar-refractivity contribution >= 4 is 33.5 Å². The third kappa shape index (κ3) is 3.25. The summed E-state index contributed by atoms with van der Waals surface area (Å²) < 4.78 is 0.492. The van der Waals surface area contributed by atoms with Crippen LogP contribution in [0.5, 0.6) is 0 Å². The van der Waals surface area contributed by atoms with Gasteiger partial charge in [0.05, 0.1) is 6.33 Å². The Bertz CT molecular complexity index is 437. The largest absolute Gasteiger partial charge is 0.366 e. The van der Waals surface area contributed by atoms with Crippen LogP contribution in [0.3, 0.4) is 0 Å². The van der Waals surface area contributed by atoms with Gasteiger partial charge in [0.15, 0.2) is 0 Å². The molecule has 0 aliphatic heterocycles. The molecule has 6 heteroatoms. The van der Waals surface area contributed by atoms with E-state index in [9.17, 15) is 4.79 Å². The number of hydrogen-bond donors (Lipinski definition) is 2. The molecule has 2 rings (SSSR count). The first-order valence-electron chi connectivity index (χ1n) is 5.82. The van der Waals surface area contributed by atoms with Crippen molar-refractivity contribution in [3.8, 4) is 0 Å². The van der Waals surface area contributed by atoms with E-state index in [1.54, 1.807) is 0 Å². The lowest BCUT2D eigenvalue weighted by atomic mass is 10.2. The van der Waals surface area contributed by atoms with E-state index >= 15 is 0 Å². The zero-order valence-corrected chi connectivity index (χ0v) is 12.1. The number of nitrogens with one attached hydrogen (secondary N) is 2. The molecular formula is C11H16BrN3OS. The second-order valence-corrected chi connectivity index (χ2v) is 6.50. The van der Waals surface area contributed by atoms with Crippen molar-refractivity contribution in [2.75, 3.05) is 11.1 Å². The molecule has 1 aliphatic carbocycles. The smallest absolute Gasteiger partial charge is 0.267 e. The normalized spacial score (nSPS) is 23.9. The monoisotopic (exact) mass is 317 g/mol. The highest BCUT2D eigenvalue weighted by molar-refractivity contribution is 9.10. The quantitative estimate of drug-likeness (QED) is 0.896. The van der Waals surface area contributed by atoms with Crippen molar-refractivity contribution in [2.24, 2.45) is 0 Å². The molecule has 1 aromatic rings. The number of nitrogens with zero attached hydrogens (tertiary/aromatic N) is 1. The summed E-state index contributed by atoms with van der Waals surface area (Å²) in [5.74, 6) is 1.82. The summed E-state index contributed by atoms with van der Waals surface area (Å²) in [5.41, 5.74) is -0.139. The predicted octanol–water partition coefficient (Wildman–Crippen LogP) is 2.62. The van der Waals surface area contributed by atoms with Gasteiger partial charge in [-0.25, -0.2) is 4.98 Å². The summed E-state index contributed by atoms with van der Waals surface area (Å²) in [5, 5.41) is 4.10. The number of anilines is 1. The minimum absolute atomic E-state index is 0.139. The first-order chi connectivity index (χ1) is 8.20. The highest BCUT2D eigenvalue weighted by atomic mass is 79.9. The average Bonchev–Trinajstić information content (AvgIpc) is 2.73. The predicted molar refractivity (Wildman–Crippen MR) is 75.7 cm³/mol. The van der Waals surface area contributed by atoms with Crippen molar-refractivity contribution in [1.29, 1.82) is 0 Å². The van der Waals surface area contributed by atoms with Crippen LogP contribution in [-0.4, -0.2) is 27.0 Å². The lowest BCUT2D eigenvalue weighted by molar-refractivity contribution is 0.749. The molecule has 94 valence electrons. The van der Waals surface area contributed by atoms with E-state index in [0.717, 1.165) is 18.1 Å². The van der Waals surface area contributed by atoms with E-state index in [0.29, 0.717) is 16.3 Å². The first-order valence-corrected chi connectivity index (χ1v) is 7.66. The third-order valence-electron chi connectivity index (χ3n) is 2.92. The zero-order chi connectivity index (χ0) is 12.3. The molecule has 2 unspecified atom stereocenters. The number of aromatic nitrogens is 2. The molecule has 4 nitrogen and oxygen atoms in total. The molecule has 0 amide bonds. The highest BCUT2D eigenvalue weighted by Crippen LogP contribution is 2.31. The van der Waals surface area contributed by atoms with Gasteiger partial charge in [-0.15, -0.1) is 0 Å². The SMILES string of the molecule is CCSC1CCC(Nc2nc[nH]c(=O)c2Br)C1. The maximum absolute atomic E-state index is 11.4. The highest BCUT2D eigenvalue weighted by Gasteiger charge is 2.25. The van der Waals surface area contributed by atoms with Gasteiger partial charge in [0, 0.05) is 11.3 Å². The lowest BCUT2D eigenvalue weighted by Crippen LogP contribution is -2.20. The van der Waals surface area contributed by atoms with Crippen LogP contribution < -0.4 is 10.9 Å². The number of H-pyrrole nitrogens is 1. The van der Waals surface area contributed by atoms with E-state index in [4.69, 9.17) is 0 Å². The van der Waals surface area contributed by atoms with Crippen LogP contribution >= 0.6 is 27.7 Å². The van der Waals surface area contributed by atoms with Crippen LogP contribution in [0.15, 0.2) is 15.6 Å². The minimum atomic E-state index is -0.139. The van der Waals surface area contributed by atoms with Crippen LogP contribution in [0.1, 0.15) is 26.2 Å². The van der Waals surface area contributed by atoms with Crippen LogP contribution in [0.25, 0.3) is 0 Å². The summed E-state index contributed by atoms with van der Waals surface area (Å²) in [6.45, 7) is 2.19. The lowest BCUT2D eigenvalue weighted by Gasteiger charge is -2.14. The summed E-state index contributed by atoms with van der Waals surface area (Å²) in [6.07, 6.45) is 4.98. The fourth-order valence-corrected chi connectivity index (χ4v) is 3.61. The Morgan fingerprint density at radius 3 is 3.24 bits per heavy atom. The van der Waals surface area contributed by atoms with Gasteiger partial charge in [0.2, 0.25) is 0 Å². The van der Waals surface area contributed by atoms with Gasteiger partial charge in [0.25, 0.3) is 5.56 Å². The molecule has 2 atom stereocenters. The Labute approximate surface area is 113 Å². The van der Waals surface area contributed by atoms with Crippen LogP contribution in [-0.2, 0) is 0 Å². The van der Waals surface area contributed by atoms with Gasteiger partial charge in [-0.3, -0.25) is 4.79 Å². The Balaban J connectivity index is 1.98. The van der Waals surface area contributed by atoms with Crippen molar-refractivity contribution in [3.63, 3.8) is 0 Å². The third-order valence-corrected chi connectivity index (χ3v) is 4.89. The first kappa shape index (κ1) is 13.0. The molecule has 0 aromatic carbocycles. The Hall–Kier alpha value is -0.490. The topological polar surface area (TPSA) is 57.8 Å². The molecule has 0 radical (unpaired) electrons. The molecule has 1 aliphatic rings. The Morgan fingerprint density at radius 2 is 2.47 bits per heavy atom. The van der Waals surface area contributed by atoms with E-state index in [2.05, 4.69) is 38.1 Å². The van der Waals surface area contributed by atoms with E-state index in [1.165, 1.54) is 18.5 Å². The standard InChI is InChI=1S/C11H16BrN3OS/c1-2-17-8-4-3-7(5-8)15-10-9(12)11(16)14-6-13-10/h6-8H,2-5H2,1H3,(H2,13,14,15,16). The van der Waals surface area contributed by atoms with E-state index in [1.807, 2.05) is 11.8 Å². The molecule has 0 bridgehead atoms. The van der Waals surface area contributed by atoms with E-state index in [-0.39, 0.29) is 5.56 Å². The van der Waals surface area contributed by atoms with Crippen molar-refractivity contribution < 1.29 is 0 Å². The fraction of sp³-hybridized carbons (Fsp3) is 0.636. The Morgan fingerprint density at radius 1 is 1.65 bits per heavy atom. The molecule has 17 heavy (non-hydrogen) atoms. The molecule has 1 aromatic heterocycles. The Kier molecular flexibility index (Phi) is 4.50. The van der Waals surface area contributed by atoms with Crippen molar-refractivity contribution in [2.45, 2.75) is 37.5 Å². The number of aromatic amines is 1. The molecule has 2 N–H and O–H groups in total. The van der Waals surface area contributed by atoms with Gasteiger partial charge in [-0.2, -0.15) is 11.8 Å². The van der Waals surface area contributed by atoms with Gasteiger partial charge >= 0.3 is 0 Å². The number of halogens is 1.